The molecule has 0 bridgehead atoms. The molecule has 2 atom stereocenters. The Morgan fingerprint density at radius 3 is 2.50 bits per heavy atom. The van der Waals surface area contributed by atoms with Crippen LogP contribution in [0.5, 0.6) is 11.5 Å². The summed E-state index contributed by atoms with van der Waals surface area (Å²) in [5.74, 6) is 2.27. The summed E-state index contributed by atoms with van der Waals surface area (Å²) in [7, 11) is 3.33. The molecule has 0 unspecified atom stereocenters. The zero-order valence-electron chi connectivity index (χ0n) is 12.9. The lowest BCUT2D eigenvalue weighted by Crippen LogP contribution is -2.26. The van der Waals surface area contributed by atoms with Crippen molar-refractivity contribution >= 4 is 0 Å². The minimum atomic E-state index is 0.448. The standard InChI is InChI=1S/C17H26O3/c1-13-6-4-5-7-15(13)20-11-10-14-8-9-16(18-2)17(12-14)19-3/h8-9,12-13,15H,4-7,10-11H2,1-3H3/t13-,15+/m1/s1. The van der Waals surface area contributed by atoms with Gasteiger partial charge in [0.25, 0.3) is 0 Å². The molecule has 1 saturated carbocycles. The second-order valence-corrected chi connectivity index (χ2v) is 5.61. The van der Waals surface area contributed by atoms with Crippen molar-refractivity contribution in [1.82, 2.24) is 0 Å². The van der Waals surface area contributed by atoms with Crippen LogP contribution in [0.1, 0.15) is 38.2 Å². The van der Waals surface area contributed by atoms with Crippen molar-refractivity contribution in [2.75, 3.05) is 20.8 Å². The molecule has 1 aliphatic rings. The van der Waals surface area contributed by atoms with Crippen LogP contribution in [0.4, 0.5) is 0 Å². The summed E-state index contributed by atoms with van der Waals surface area (Å²) < 4.78 is 16.6. The van der Waals surface area contributed by atoms with E-state index >= 15 is 0 Å². The second-order valence-electron chi connectivity index (χ2n) is 5.61. The van der Waals surface area contributed by atoms with Crippen LogP contribution in [0.15, 0.2) is 18.2 Å². The molecule has 1 aromatic rings. The van der Waals surface area contributed by atoms with Gasteiger partial charge in [0, 0.05) is 0 Å². The summed E-state index contributed by atoms with van der Waals surface area (Å²) in [4.78, 5) is 0. The molecular formula is C17H26O3. The first-order chi connectivity index (χ1) is 9.74. The van der Waals surface area contributed by atoms with Crippen LogP contribution in [-0.4, -0.2) is 26.9 Å². The van der Waals surface area contributed by atoms with E-state index in [-0.39, 0.29) is 0 Å². The van der Waals surface area contributed by atoms with E-state index in [4.69, 9.17) is 14.2 Å². The van der Waals surface area contributed by atoms with Crippen LogP contribution in [0, 0.1) is 5.92 Å². The highest BCUT2D eigenvalue weighted by Crippen LogP contribution is 2.29. The van der Waals surface area contributed by atoms with Gasteiger partial charge in [0.2, 0.25) is 0 Å². The van der Waals surface area contributed by atoms with Crippen molar-refractivity contribution in [3.05, 3.63) is 23.8 Å². The van der Waals surface area contributed by atoms with Crippen molar-refractivity contribution < 1.29 is 14.2 Å². The topological polar surface area (TPSA) is 27.7 Å². The highest BCUT2D eigenvalue weighted by atomic mass is 16.5. The predicted molar refractivity (Wildman–Crippen MR) is 80.6 cm³/mol. The Morgan fingerprint density at radius 2 is 1.80 bits per heavy atom. The Kier molecular flexibility index (Phi) is 5.72. The molecular weight excluding hydrogens is 252 g/mol. The lowest BCUT2D eigenvalue weighted by atomic mass is 9.88. The number of hydrogen-bond acceptors (Lipinski definition) is 3. The van der Waals surface area contributed by atoms with E-state index < -0.39 is 0 Å². The van der Waals surface area contributed by atoms with Gasteiger partial charge >= 0.3 is 0 Å². The van der Waals surface area contributed by atoms with Gasteiger partial charge in [-0.1, -0.05) is 25.8 Å². The fourth-order valence-electron chi connectivity index (χ4n) is 2.89. The third-order valence-corrected chi connectivity index (χ3v) is 4.20. The Bertz CT molecular complexity index is 417. The van der Waals surface area contributed by atoms with Crippen LogP contribution < -0.4 is 9.47 Å². The molecule has 1 aliphatic carbocycles. The van der Waals surface area contributed by atoms with Gasteiger partial charge in [-0.3, -0.25) is 0 Å². The van der Waals surface area contributed by atoms with E-state index in [1.54, 1.807) is 14.2 Å². The lowest BCUT2D eigenvalue weighted by molar-refractivity contribution is -0.00334. The number of rotatable bonds is 6. The third-order valence-electron chi connectivity index (χ3n) is 4.20. The first-order valence-corrected chi connectivity index (χ1v) is 7.57. The molecule has 0 spiro atoms. The molecule has 20 heavy (non-hydrogen) atoms. The van der Waals surface area contributed by atoms with E-state index in [0.717, 1.165) is 24.5 Å². The van der Waals surface area contributed by atoms with E-state index in [1.807, 2.05) is 12.1 Å². The van der Waals surface area contributed by atoms with Gasteiger partial charge in [-0.2, -0.15) is 0 Å². The summed E-state index contributed by atoms with van der Waals surface area (Å²) in [6.07, 6.45) is 6.56. The molecule has 0 radical (unpaired) electrons. The van der Waals surface area contributed by atoms with Gasteiger partial charge in [0.15, 0.2) is 11.5 Å². The van der Waals surface area contributed by atoms with Gasteiger partial charge in [-0.25, -0.2) is 0 Å². The largest absolute Gasteiger partial charge is 0.493 e. The van der Waals surface area contributed by atoms with Crippen LogP contribution in [0.25, 0.3) is 0 Å². The first-order valence-electron chi connectivity index (χ1n) is 7.57. The number of benzene rings is 1. The fraction of sp³-hybridized carbons (Fsp3) is 0.647. The van der Waals surface area contributed by atoms with Crippen molar-refractivity contribution in [1.29, 1.82) is 0 Å². The Balaban J connectivity index is 1.84. The zero-order valence-corrected chi connectivity index (χ0v) is 12.9. The molecule has 0 aromatic heterocycles. The Labute approximate surface area is 122 Å². The Hall–Kier alpha value is -1.22. The van der Waals surface area contributed by atoms with Gasteiger partial charge in [-0.15, -0.1) is 0 Å². The molecule has 0 heterocycles. The van der Waals surface area contributed by atoms with Crippen LogP contribution >= 0.6 is 0 Å². The highest BCUT2D eigenvalue weighted by molar-refractivity contribution is 5.42. The fourth-order valence-corrected chi connectivity index (χ4v) is 2.89. The number of ether oxygens (including phenoxy) is 3. The minimum Gasteiger partial charge on any atom is -0.493 e. The van der Waals surface area contributed by atoms with Crippen molar-refractivity contribution in [2.24, 2.45) is 5.92 Å². The molecule has 0 amide bonds. The first kappa shape index (κ1) is 15.2. The third kappa shape index (κ3) is 3.89. The normalized spacial score (nSPS) is 22.6. The zero-order chi connectivity index (χ0) is 14.4. The lowest BCUT2D eigenvalue weighted by Gasteiger charge is -2.28. The van der Waals surface area contributed by atoms with Crippen molar-refractivity contribution in [3.8, 4) is 11.5 Å². The summed E-state index contributed by atoms with van der Waals surface area (Å²) >= 11 is 0. The summed E-state index contributed by atoms with van der Waals surface area (Å²) in [5, 5.41) is 0. The monoisotopic (exact) mass is 278 g/mol. The van der Waals surface area contributed by atoms with Crippen LogP contribution in [0.3, 0.4) is 0 Å². The molecule has 3 nitrogen and oxygen atoms in total. The second kappa shape index (κ2) is 7.53. The van der Waals surface area contributed by atoms with E-state index in [2.05, 4.69) is 13.0 Å². The average Bonchev–Trinajstić information content (AvgIpc) is 2.49. The molecule has 0 N–H and O–H groups in total. The molecule has 2 rings (SSSR count). The molecule has 0 saturated heterocycles. The predicted octanol–water partition coefficient (Wildman–Crippen LogP) is 3.84. The van der Waals surface area contributed by atoms with E-state index in [1.165, 1.54) is 31.2 Å². The van der Waals surface area contributed by atoms with Crippen molar-refractivity contribution in [2.45, 2.75) is 45.1 Å². The maximum atomic E-state index is 6.06. The number of methoxy groups -OCH3 is 2. The maximum Gasteiger partial charge on any atom is 0.160 e. The average molecular weight is 278 g/mol. The maximum absolute atomic E-state index is 6.06. The van der Waals surface area contributed by atoms with Gasteiger partial charge in [-0.05, 0) is 42.9 Å². The molecule has 112 valence electrons. The molecule has 1 fully saturated rings. The van der Waals surface area contributed by atoms with E-state index in [0.29, 0.717) is 12.0 Å². The van der Waals surface area contributed by atoms with Crippen molar-refractivity contribution in [3.63, 3.8) is 0 Å². The van der Waals surface area contributed by atoms with Gasteiger partial charge in [0.1, 0.15) is 0 Å². The summed E-state index contributed by atoms with van der Waals surface area (Å²) in [5.41, 5.74) is 1.23. The van der Waals surface area contributed by atoms with Gasteiger partial charge in [0.05, 0.1) is 26.9 Å². The summed E-state index contributed by atoms with van der Waals surface area (Å²) in [6, 6.07) is 6.07. The van der Waals surface area contributed by atoms with Crippen LogP contribution in [-0.2, 0) is 11.2 Å². The summed E-state index contributed by atoms with van der Waals surface area (Å²) in [6.45, 7) is 3.09. The van der Waals surface area contributed by atoms with E-state index in [9.17, 15) is 0 Å². The SMILES string of the molecule is COc1ccc(CCO[C@H]2CCCC[C@H]2C)cc1OC. The quantitative estimate of drug-likeness (QED) is 0.791. The minimum absolute atomic E-state index is 0.448. The molecule has 3 heteroatoms. The highest BCUT2D eigenvalue weighted by Gasteiger charge is 2.21. The molecule has 1 aromatic carbocycles. The smallest absolute Gasteiger partial charge is 0.160 e. The number of hydrogen-bond donors (Lipinski definition) is 0. The Morgan fingerprint density at radius 1 is 1.05 bits per heavy atom. The van der Waals surface area contributed by atoms with Gasteiger partial charge < -0.3 is 14.2 Å². The van der Waals surface area contributed by atoms with Crippen LogP contribution in [0.2, 0.25) is 0 Å². The molecule has 0 aliphatic heterocycles.